The van der Waals surface area contributed by atoms with Crippen LogP contribution in [0.5, 0.6) is 0 Å². The van der Waals surface area contributed by atoms with Gasteiger partial charge in [0, 0.05) is 22.9 Å². The second kappa shape index (κ2) is 6.18. The fraction of sp³-hybridized carbons (Fsp3) is 0.467. The predicted molar refractivity (Wildman–Crippen MR) is 82.7 cm³/mol. The molecule has 4 nitrogen and oxygen atoms in total. The summed E-state index contributed by atoms with van der Waals surface area (Å²) in [6.45, 7) is 2.33. The molecule has 1 amide bonds. The monoisotopic (exact) mass is 343 g/mol. The van der Waals surface area contributed by atoms with Gasteiger partial charge in [0.1, 0.15) is 18.5 Å². The van der Waals surface area contributed by atoms with Gasteiger partial charge in [-0.15, -0.1) is 0 Å². The Morgan fingerprint density at radius 3 is 3.05 bits per heavy atom. The number of fused-ring (bicyclic) bond motifs is 1. The Morgan fingerprint density at radius 2 is 2.32 bits per heavy atom. The average Bonchev–Trinajstić information content (AvgIpc) is 3.01. The first-order valence-electron chi connectivity index (χ1n) is 6.99. The molecular weight excluding hydrogens is 329 g/mol. The van der Waals surface area contributed by atoms with E-state index in [0.717, 1.165) is 17.3 Å². The highest BCUT2D eigenvalue weighted by atomic mass is 35.5. The smallest absolute Gasteiger partial charge is 0.282 e. The Bertz CT molecular complexity index is 616. The Balaban J connectivity index is 1.67. The summed E-state index contributed by atoms with van der Waals surface area (Å²) in [5.74, 6) is -0.326. The van der Waals surface area contributed by atoms with Gasteiger partial charge in [-0.3, -0.25) is 9.59 Å². The predicted octanol–water partition coefficient (Wildman–Crippen LogP) is 3.18. The minimum absolute atomic E-state index is 0.0593. The maximum absolute atomic E-state index is 13.9. The molecule has 0 radical (unpaired) electrons. The summed E-state index contributed by atoms with van der Waals surface area (Å²) in [5.41, 5.74) is 1.05. The molecule has 1 aromatic rings. The fourth-order valence-electron chi connectivity index (χ4n) is 2.88. The third-order valence-corrected chi connectivity index (χ3v) is 5.22. The van der Waals surface area contributed by atoms with Crippen LogP contribution in [0.25, 0.3) is 0 Å². The first-order chi connectivity index (χ1) is 10.5. The average molecular weight is 344 g/mol. The number of thioether (sulfide) groups is 1. The van der Waals surface area contributed by atoms with E-state index in [9.17, 15) is 14.0 Å². The van der Waals surface area contributed by atoms with Crippen LogP contribution in [0.15, 0.2) is 12.1 Å². The number of amides is 1. The highest BCUT2D eigenvalue weighted by Gasteiger charge is 2.46. The van der Waals surface area contributed by atoms with E-state index in [2.05, 4.69) is 0 Å². The van der Waals surface area contributed by atoms with E-state index in [4.69, 9.17) is 16.3 Å². The van der Waals surface area contributed by atoms with E-state index in [1.54, 1.807) is 13.0 Å². The van der Waals surface area contributed by atoms with Gasteiger partial charge in [-0.25, -0.2) is 4.39 Å². The zero-order chi connectivity index (χ0) is 15.9. The number of carbonyl (C=O) groups excluding carboxylic acids is 2. The van der Waals surface area contributed by atoms with E-state index in [1.165, 1.54) is 11.0 Å². The lowest BCUT2D eigenvalue weighted by Gasteiger charge is -2.21. The van der Waals surface area contributed by atoms with Gasteiger partial charge in [-0.2, -0.15) is 0 Å². The molecule has 0 saturated carbocycles. The highest BCUT2D eigenvalue weighted by Crippen LogP contribution is 2.32. The lowest BCUT2D eigenvalue weighted by atomic mass is 10.1. The summed E-state index contributed by atoms with van der Waals surface area (Å²) >= 11 is 7.00. The number of aryl methyl sites for hydroxylation is 1. The minimum Gasteiger partial charge on any atom is -0.368 e. The molecule has 0 aliphatic carbocycles. The SMILES string of the molecule is Cc1cc(F)c(CSC(=O)N2CC[C@H]3OCC(=O)[C@H]32)c(Cl)c1. The molecule has 2 atom stereocenters. The second-order valence-corrected chi connectivity index (χ2v) is 6.84. The third-order valence-electron chi connectivity index (χ3n) is 3.97. The van der Waals surface area contributed by atoms with Gasteiger partial charge in [0.05, 0.1) is 6.10 Å². The number of likely N-dealkylation sites (tertiary alicyclic amines) is 1. The fourth-order valence-corrected chi connectivity index (χ4v) is 4.22. The highest BCUT2D eigenvalue weighted by molar-refractivity contribution is 8.12. The van der Waals surface area contributed by atoms with Gasteiger partial charge >= 0.3 is 0 Å². The number of nitrogens with zero attached hydrogens (tertiary/aromatic N) is 1. The van der Waals surface area contributed by atoms with Gasteiger partial charge in [0.25, 0.3) is 5.24 Å². The van der Waals surface area contributed by atoms with E-state index in [1.807, 2.05) is 0 Å². The summed E-state index contributed by atoms with van der Waals surface area (Å²) in [7, 11) is 0. The van der Waals surface area contributed by atoms with Crippen LogP contribution in [0.2, 0.25) is 5.02 Å². The van der Waals surface area contributed by atoms with Crippen molar-refractivity contribution in [1.82, 2.24) is 4.90 Å². The van der Waals surface area contributed by atoms with Gasteiger partial charge in [0.15, 0.2) is 5.78 Å². The summed E-state index contributed by atoms with van der Waals surface area (Å²) in [6, 6.07) is 2.59. The Morgan fingerprint density at radius 1 is 1.55 bits per heavy atom. The molecule has 2 saturated heterocycles. The summed E-state index contributed by atoms with van der Waals surface area (Å²) in [6.07, 6.45) is 0.485. The third kappa shape index (κ3) is 2.87. The van der Waals surface area contributed by atoms with Crippen LogP contribution in [0, 0.1) is 12.7 Å². The van der Waals surface area contributed by atoms with Crippen LogP contribution in [-0.2, 0) is 15.3 Å². The van der Waals surface area contributed by atoms with E-state index in [0.29, 0.717) is 23.6 Å². The number of hydrogen-bond donors (Lipinski definition) is 0. The van der Waals surface area contributed by atoms with Gasteiger partial charge in [-0.05, 0) is 31.0 Å². The number of rotatable bonds is 2. The first kappa shape index (κ1) is 15.8. The Hall–Kier alpha value is -1.11. The first-order valence-corrected chi connectivity index (χ1v) is 8.36. The molecule has 3 rings (SSSR count). The summed E-state index contributed by atoms with van der Waals surface area (Å²) < 4.78 is 19.3. The van der Waals surface area contributed by atoms with Crippen molar-refractivity contribution in [3.05, 3.63) is 34.1 Å². The van der Waals surface area contributed by atoms with Crippen molar-refractivity contribution in [3.63, 3.8) is 0 Å². The molecule has 0 bridgehead atoms. The van der Waals surface area contributed by atoms with Crippen molar-refractivity contribution in [2.75, 3.05) is 13.2 Å². The molecule has 118 valence electrons. The van der Waals surface area contributed by atoms with Crippen LogP contribution in [-0.4, -0.2) is 41.2 Å². The number of Topliss-reactive ketones (excluding diaryl/α,β-unsaturated/α-hetero) is 1. The number of carbonyl (C=O) groups is 2. The molecule has 0 spiro atoms. The molecule has 2 aliphatic heterocycles. The number of hydrogen-bond acceptors (Lipinski definition) is 4. The van der Waals surface area contributed by atoms with Crippen molar-refractivity contribution in [2.45, 2.75) is 31.2 Å². The van der Waals surface area contributed by atoms with Gasteiger partial charge in [0.2, 0.25) is 0 Å². The van der Waals surface area contributed by atoms with Crippen LogP contribution in [0.1, 0.15) is 17.5 Å². The van der Waals surface area contributed by atoms with Crippen molar-refractivity contribution in [2.24, 2.45) is 0 Å². The quantitative estimate of drug-likeness (QED) is 0.827. The normalized spacial score (nSPS) is 24.0. The van der Waals surface area contributed by atoms with E-state index in [-0.39, 0.29) is 29.5 Å². The maximum atomic E-state index is 13.9. The topological polar surface area (TPSA) is 46.6 Å². The zero-order valence-corrected chi connectivity index (χ0v) is 13.5. The standard InChI is InChI=1S/C15H15ClFNO3S/c1-8-4-10(16)9(11(17)5-8)7-22-15(20)18-3-2-13-14(18)12(19)6-21-13/h4-5,13-14H,2-3,6-7H2,1H3/t13-,14-/m1/s1. The molecule has 1 aromatic carbocycles. The molecule has 22 heavy (non-hydrogen) atoms. The summed E-state index contributed by atoms with van der Waals surface area (Å²) in [5, 5.41) is 0.0831. The van der Waals surface area contributed by atoms with Crippen molar-refractivity contribution >= 4 is 34.4 Å². The number of benzene rings is 1. The molecule has 7 heteroatoms. The molecule has 0 unspecified atom stereocenters. The molecule has 2 aliphatic rings. The summed E-state index contributed by atoms with van der Waals surface area (Å²) in [4.78, 5) is 25.6. The Labute approximate surface area is 136 Å². The van der Waals surface area contributed by atoms with Crippen molar-refractivity contribution < 1.29 is 18.7 Å². The Kier molecular flexibility index (Phi) is 4.43. The van der Waals surface area contributed by atoms with Crippen LogP contribution in [0.4, 0.5) is 9.18 Å². The molecule has 0 N–H and O–H groups in total. The van der Waals surface area contributed by atoms with Crippen molar-refractivity contribution in [3.8, 4) is 0 Å². The lowest BCUT2D eigenvalue weighted by Crippen LogP contribution is -2.40. The zero-order valence-electron chi connectivity index (χ0n) is 12.0. The largest absolute Gasteiger partial charge is 0.368 e. The maximum Gasteiger partial charge on any atom is 0.282 e. The van der Waals surface area contributed by atoms with Crippen LogP contribution in [0.3, 0.4) is 0 Å². The van der Waals surface area contributed by atoms with Gasteiger partial charge < -0.3 is 9.64 Å². The molecule has 2 fully saturated rings. The molecule has 2 heterocycles. The molecular formula is C15H15ClFNO3S. The second-order valence-electron chi connectivity index (χ2n) is 5.50. The van der Waals surface area contributed by atoms with Crippen molar-refractivity contribution in [1.29, 1.82) is 0 Å². The number of ether oxygens (including phenoxy) is 1. The lowest BCUT2D eigenvalue weighted by molar-refractivity contribution is -0.120. The van der Waals surface area contributed by atoms with E-state index < -0.39 is 11.9 Å². The van der Waals surface area contributed by atoms with Crippen LogP contribution >= 0.6 is 23.4 Å². The van der Waals surface area contributed by atoms with Gasteiger partial charge in [-0.1, -0.05) is 23.4 Å². The van der Waals surface area contributed by atoms with Crippen LogP contribution < -0.4 is 0 Å². The molecule has 0 aromatic heterocycles. The van der Waals surface area contributed by atoms with E-state index >= 15 is 0 Å². The number of halogens is 2. The number of ketones is 1. The minimum atomic E-state index is -0.474.